The summed E-state index contributed by atoms with van der Waals surface area (Å²) < 4.78 is 93.3. The van der Waals surface area contributed by atoms with Crippen molar-refractivity contribution in [2.45, 2.75) is 38.3 Å². The number of nitrogens with zero attached hydrogens (tertiary/aromatic N) is 1. The van der Waals surface area contributed by atoms with E-state index in [-0.39, 0.29) is 29.8 Å². The summed E-state index contributed by atoms with van der Waals surface area (Å²) in [5, 5.41) is 0.481. The zero-order chi connectivity index (χ0) is 30.5. The van der Waals surface area contributed by atoms with Crippen molar-refractivity contribution in [3.05, 3.63) is 94.0 Å². The maximum absolute atomic E-state index is 14.5. The molecule has 1 N–H and O–H groups in total. The number of rotatable bonds is 9. The van der Waals surface area contributed by atoms with E-state index in [1.807, 2.05) is 6.92 Å². The number of allylic oxidation sites excluding steroid dienone is 3. The molecular formula is C27H23Cl2F7N2O2. The van der Waals surface area contributed by atoms with E-state index in [0.29, 0.717) is 12.1 Å². The number of amides is 2. The Morgan fingerprint density at radius 2 is 1.57 bits per heavy atom. The topological polar surface area (TPSA) is 49.4 Å². The van der Waals surface area contributed by atoms with Gasteiger partial charge in [0, 0.05) is 28.9 Å². The van der Waals surface area contributed by atoms with Crippen LogP contribution in [0.5, 0.6) is 0 Å². The van der Waals surface area contributed by atoms with Crippen LogP contribution in [0.1, 0.15) is 36.2 Å². The van der Waals surface area contributed by atoms with Crippen LogP contribution >= 0.6 is 23.2 Å². The van der Waals surface area contributed by atoms with E-state index in [0.717, 1.165) is 0 Å². The van der Waals surface area contributed by atoms with Gasteiger partial charge in [0.05, 0.1) is 15.7 Å². The summed E-state index contributed by atoms with van der Waals surface area (Å²) in [4.78, 5) is 27.5. The van der Waals surface area contributed by atoms with E-state index in [1.54, 1.807) is 31.2 Å². The van der Waals surface area contributed by atoms with Crippen LogP contribution in [-0.2, 0) is 10.5 Å². The van der Waals surface area contributed by atoms with Gasteiger partial charge in [-0.1, -0.05) is 61.0 Å². The van der Waals surface area contributed by atoms with Crippen molar-refractivity contribution in [3.8, 4) is 0 Å². The van der Waals surface area contributed by atoms with E-state index in [1.165, 1.54) is 29.2 Å². The fourth-order valence-electron chi connectivity index (χ4n) is 3.53. The summed E-state index contributed by atoms with van der Waals surface area (Å²) in [7, 11) is 0. The third-order valence-corrected chi connectivity index (χ3v) is 6.10. The van der Waals surface area contributed by atoms with Gasteiger partial charge in [-0.15, -0.1) is 0 Å². The lowest BCUT2D eigenvalue weighted by molar-refractivity contribution is -0.348. The van der Waals surface area contributed by atoms with Crippen LogP contribution in [0.3, 0.4) is 0 Å². The highest BCUT2D eigenvalue weighted by Gasteiger charge is 2.73. The van der Waals surface area contributed by atoms with Crippen LogP contribution in [0.2, 0.25) is 10.0 Å². The summed E-state index contributed by atoms with van der Waals surface area (Å²) >= 11 is 11.7. The molecule has 0 saturated heterocycles. The number of carbonyl (C=O) groups excluding carboxylic acids is 2. The highest BCUT2D eigenvalue weighted by Crippen LogP contribution is 2.54. The molecule has 0 spiro atoms. The molecule has 0 aromatic heterocycles. The van der Waals surface area contributed by atoms with Gasteiger partial charge in [0.25, 0.3) is 11.8 Å². The second-order valence-electron chi connectivity index (χ2n) is 8.28. The average molecular weight is 611 g/mol. The van der Waals surface area contributed by atoms with Crippen LogP contribution in [0.15, 0.2) is 72.9 Å². The van der Waals surface area contributed by atoms with Crippen LogP contribution in [0.4, 0.5) is 42.1 Å². The number of nitrogens with one attached hydrogen (secondary N) is 1. The molecule has 0 saturated carbocycles. The molecule has 2 amide bonds. The molecular weight excluding hydrogens is 588 g/mol. The maximum Gasteiger partial charge on any atom is 0.435 e. The quantitative estimate of drug-likeness (QED) is 0.175. The van der Waals surface area contributed by atoms with Crippen LogP contribution in [0.25, 0.3) is 0 Å². The predicted octanol–water partition coefficient (Wildman–Crippen LogP) is 8.97. The zero-order valence-corrected chi connectivity index (χ0v) is 22.6. The molecule has 13 heteroatoms. The first kappa shape index (κ1) is 32.9. The molecule has 2 aromatic carbocycles. The largest absolute Gasteiger partial charge is 0.435 e. The first-order valence-electron chi connectivity index (χ1n) is 11.5. The zero-order valence-electron chi connectivity index (χ0n) is 21.1. The first-order chi connectivity index (χ1) is 18.5. The molecule has 0 aliphatic heterocycles. The Balaban J connectivity index is 2.47. The predicted molar refractivity (Wildman–Crippen MR) is 141 cm³/mol. The number of anilines is 2. The fraction of sp³-hybridized carbons (Fsp3) is 0.259. The van der Waals surface area contributed by atoms with Crippen molar-refractivity contribution in [3.63, 3.8) is 0 Å². The standard InChI is InChI=1S/C27H23Cl2F7N2O2/c1-4-7-9-16(6-3)24(40)38(12-5-2)19-11-8-10-17(13-19)23(39)37-22-20(28)14-18(15-21(22)29)25(30,26(31,32)33)27(34,35)36/h4,6-11,13-15H,3,5,12H2,1-2H3,(H,37,39)/b7-4-,16-9+. The Bertz CT molecular complexity index is 1300. The number of halogens is 9. The van der Waals surface area contributed by atoms with Gasteiger partial charge >= 0.3 is 18.0 Å². The number of carbonyl (C=O) groups is 2. The second-order valence-corrected chi connectivity index (χ2v) is 9.10. The maximum atomic E-state index is 14.5. The number of benzene rings is 2. The first-order valence-corrected chi connectivity index (χ1v) is 12.3. The third-order valence-electron chi connectivity index (χ3n) is 5.51. The molecule has 0 unspecified atom stereocenters. The Labute approximate surface area is 235 Å². The van der Waals surface area contributed by atoms with Crippen molar-refractivity contribution in [2.24, 2.45) is 0 Å². The van der Waals surface area contributed by atoms with Crippen molar-refractivity contribution in [1.29, 1.82) is 0 Å². The Kier molecular flexibility index (Phi) is 10.6. The molecule has 40 heavy (non-hydrogen) atoms. The molecule has 0 bridgehead atoms. The molecule has 4 nitrogen and oxygen atoms in total. The van der Waals surface area contributed by atoms with E-state index in [9.17, 15) is 40.3 Å². The van der Waals surface area contributed by atoms with Gasteiger partial charge in [-0.25, -0.2) is 4.39 Å². The smallest absolute Gasteiger partial charge is 0.319 e. The van der Waals surface area contributed by atoms with Crippen molar-refractivity contribution < 1.29 is 40.3 Å². The van der Waals surface area contributed by atoms with E-state index in [4.69, 9.17) is 23.2 Å². The van der Waals surface area contributed by atoms with Crippen molar-refractivity contribution >= 4 is 46.4 Å². The summed E-state index contributed by atoms with van der Waals surface area (Å²) in [5.41, 5.74) is -7.66. The monoisotopic (exact) mass is 610 g/mol. The van der Waals surface area contributed by atoms with Gasteiger partial charge in [-0.3, -0.25) is 9.59 Å². The van der Waals surface area contributed by atoms with Crippen molar-refractivity contribution in [1.82, 2.24) is 0 Å². The summed E-state index contributed by atoms with van der Waals surface area (Å²) in [5.74, 6) is -1.31. The molecule has 0 heterocycles. The highest BCUT2D eigenvalue weighted by atomic mass is 35.5. The van der Waals surface area contributed by atoms with E-state index in [2.05, 4.69) is 11.9 Å². The lowest BCUT2D eigenvalue weighted by Crippen LogP contribution is -2.50. The Morgan fingerprint density at radius 3 is 2.05 bits per heavy atom. The van der Waals surface area contributed by atoms with Gasteiger partial charge in [0.1, 0.15) is 0 Å². The molecule has 216 valence electrons. The van der Waals surface area contributed by atoms with Gasteiger partial charge in [-0.05, 0) is 49.8 Å². The highest BCUT2D eigenvalue weighted by molar-refractivity contribution is 6.40. The van der Waals surface area contributed by atoms with Crippen molar-refractivity contribution in [2.75, 3.05) is 16.8 Å². The molecule has 0 radical (unpaired) electrons. The molecule has 0 atom stereocenters. The molecule has 0 aliphatic rings. The van der Waals surface area contributed by atoms with Crippen LogP contribution in [-0.4, -0.2) is 30.7 Å². The molecule has 0 aliphatic carbocycles. The molecule has 0 fully saturated rings. The fourth-order valence-corrected chi connectivity index (χ4v) is 4.12. The molecule has 2 rings (SSSR count). The van der Waals surface area contributed by atoms with Crippen LogP contribution in [0, 0.1) is 0 Å². The summed E-state index contributed by atoms with van der Waals surface area (Å²) in [6.45, 7) is 7.51. The van der Waals surface area contributed by atoms with E-state index < -0.39 is 51.1 Å². The lowest BCUT2D eigenvalue weighted by atomic mass is 9.94. The summed E-state index contributed by atoms with van der Waals surface area (Å²) in [6.07, 6.45) is -5.90. The molecule has 2 aromatic rings. The van der Waals surface area contributed by atoms with Gasteiger partial charge in [0.2, 0.25) is 0 Å². The van der Waals surface area contributed by atoms with Gasteiger partial charge in [0.15, 0.2) is 0 Å². The number of alkyl halides is 7. The van der Waals surface area contributed by atoms with Gasteiger partial charge in [-0.2, -0.15) is 26.3 Å². The Morgan fingerprint density at radius 1 is 1.00 bits per heavy atom. The minimum absolute atomic E-state index is 0.0504. The van der Waals surface area contributed by atoms with Crippen LogP contribution < -0.4 is 10.2 Å². The number of hydrogen-bond donors (Lipinski definition) is 1. The Hall–Kier alpha value is -3.31. The average Bonchev–Trinajstić information content (AvgIpc) is 2.87. The minimum atomic E-state index is -6.38. The number of hydrogen-bond acceptors (Lipinski definition) is 2. The SMILES string of the molecule is C=C/C(=C\C=C/C)C(=O)N(CCC)c1cccc(C(=O)Nc2c(Cl)cc(C(F)(C(F)(F)F)C(F)(F)F)cc2Cl)c1. The lowest BCUT2D eigenvalue weighted by Gasteiger charge is -2.30. The van der Waals surface area contributed by atoms with E-state index >= 15 is 0 Å². The third kappa shape index (κ3) is 6.87. The van der Waals surface area contributed by atoms with Gasteiger partial charge < -0.3 is 10.2 Å². The second kappa shape index (κ2) is 12.9. The normalized spacial score (nSPS) is 12.9. The summed E-state index contributed by atoms with van der Waals surface area (Å²) in [6, 6.07) is 5.89. The minimum Gasteiger partial charge on any atom is -0.319 e.